The number of esters is 2. The molecule has 3 fully saturated rings. The molecule has 0 aromatic heterocycles. The van der Waals surface area contributed by atoms with Crippen LogP contribution in [-0.2, 0) is 19.1 Å². The Bertz CT molecular complexity index is 1320. The number of ketones is 1. The molecule has 1 saturated heterocycles. The van der Waals surface area contributed by atoms with E-state index in [1.807, 2.05) is 0 Å². The fourth-order valence-corrected chi connectivity index (χ4v) is 7.64. The van der Waals surface area contributed by atoms with Gasteiger partial charge in [-0.3, -0.25) is 24.1 Å². The summed E-state index contributed by atoms with van der Waals surface area (Å²) in [5.74, 6) is -3.29. The monoisotopic (exact) mass is 685 g/mol. The molecule has 3 aliphatic rings. The molecule has 0 N–H and O–H groups in total. The smallest absolute Gasteiger partial charge is 0.343 e. The number of amides is 2. The van der Waals surface area contributed by atoms with Gasteiger partial charge in [-0.1, -0.05) is 55.1 Å². The molecule has 12 heteroatoms. The van der Waals surface area contributed by atoms with Crippen LogP contribution in [0.25, 0.3) is 0 Å². The topological polar surface area (TPSA) is 107 Å². The molecule has 2 amide bonds. The highest BCUT2D eigenvalue weighted by Gasteiger charge is 2.66. The molecule has 38 heavy (non-hydrogen) atoms. The standard InChI is InChI=1S/C26H19Br2Cl2NO7/c27-22-14-8-15(23(22)28)21-20(14)24(34)31(25(21)35)9-19(33)37-10-18(32)11-1-4-13(5-2-11)38-26(36)12-3-6-16(29)17(30)7-12/h1-7,14-15,20-23H,8-10H2. The van der Waals surface area contributed by atoms with Gasteiger partial charge in [-0.2, -0.15) is 0 Å². The normalized spacial score (nSPS) is 27.4. The predicted octanol–water partition coefficient (Wildman–Crippen LogP) is 4.72. The molecule has 2 aromatic carbocycles. The van der Waals surface area contributed by atoms with Crippen molar-refractivity contribution in [3.8, 4) is 5.75 Å². The van der Waals surface area contributed by atoms with E-state index in [9.17, 15) is 24.0 Å². The second kappa shape index (κ2) is 10.7. The number of halogens is 4. The second-order valence-corrected chi connectivity index (χ2v) is 12.3. The molecule has 0 spiro atoms. The molecule has 5 rings (SSSR count). The van der Waals surface area contributed by atoms with Crippen molar-refractivity contribution in [3.63, 3.8) is 0 Å². The van der Waals surface area contributed by atoms with E-state index in [0.717, 1.165) is 11.3 Å². The van der Waals surface area contributed by atoms with Crippen molar-refractivity contribution in [2.45, 2.75) is 16.1 Å². The number of alkyl halides is 2. The molecule has 0 radical (unpaired) electrons. The van der Waals surface area contributed by atoms with E-state index in [4.69, 9.17) is 32.7 Å². The fraction of sp³-hybridized carbons (Fsp3) is 0.346. The van der Waals surface area contributed by atoms with Gasteiger partial charge in [-0.05, 0) is 60.7 Å². The average molecular weight is 688 g/mol. The summed E-state index contributed by atoms with van der Waals surface area (Å²) in [7, 11) is 0. The van der Waals surface area contributed by atoms with Crippen LogP contribution in [0.5, 0.6) is 5.75 Å². The maximum absolute atomic E-state index is 12.9. The lowest BCUT2D eigenvalue weighted by Gasteiger charge is -2.28. The Morgan fingerprint density at radius 3 is 2.03 bits per heavy atom. The van der Waals surface area contributed by atoms with E-state index in [2.05, 4.69) is 31.9 Å². The van der Waals surface area contributed by atoms with Crippen LogP contribution in [0.2, 0.25) is 10.0 Å². The van der Waals surface area contributed by atoms with E-state index < -0.39 is 42.7 Å². The average Bonchev–Trinajstić information content (AvgIpc) is 3.50. The van der Waals surface area contributed by atoms with Gasteiger partial charge >= 0.3 is 11.9 Å². The van der Waals surface area contributed by atoms with E-state index in [-0.39, 0.29) is 55.2 Å². The first-order chi connectivity index (χ1) is 18.1. The maximum Gasteiger partial charge on any atom is 0.343 e. The van der Waals surface area contributed by atoms with Crippen molar-refractivity contribution in [2.75, 3.05) is 13.2 Å². The van der Waals surface area contributed by atoms with Gasteiger partial charge in [0.1, 0.15) is 12.3 Å². The van der Waals surface area contributed by atoms with E-state index in [0.29, 0.717) is 5.02 Å². The molecule has 1 aliphatic heterocycles. The number of carbonyl (C=O) groups is 5. The summed E-state index contributed by atoms with van der Waals surface area (Å²) in [6.07, 6.45) is 0.791. The number of hydrogen-bond acceptors (Lipinski definition) is 7. The summed E-state index contributed by atoms with van der Waals surface area (Å²) in [5, 5.41) is 0.519. The number of rotatable bonds is 7. The van der Waals surface area contributed by atoms with Crippen LogP contribution in [0.3, 0.4) is 0 Å². The molecule has 2 bridgehead atoms. The first kappa shape index (κ1) is 27.3. The largest absolute Gasteiger partial charge is 0.456 e. The van der Waals surface area contributed by atoms with E-state index in [1.54, 1.807) is 0 Å². The number of ether oxygens (including phenoxy) is 2. The van der Waals surface area contributed by atoms with Crippen molar-refractivity contribution in [1.29, 1.82) is 0 Å². The van der Waals surface area contributed by atoms with Crippen molar-refractivity contribution in [2.24, 2.45) is 23.7 Å². The van der Waals surface area contributed by atoms with Gasteiger partial charge in [-0.25, -0.2) is 4.79 Å². The first-order valence-corrected chi connectivity index (χ1v) is 14.2. The Hall–Kier alpha value is -2.27. The minimum Gasteiger partial charge on any atom is -0.456 e. The maximum atomic E-state index is 12.9. The Kier molecular flexibility index (Phi) is 7.70. The third-order valence-electron chi connectivity index (χ3n) is 7.27. The number of imide groups is 1. The quantitative estimate of drug-likeness (QED) is 0.136. The van der Waals surface area contributed by atoms with Crippen molar-refractivity contribution < 1.29 is 33.4 Å². The van der Waals surface area contributed by atoms with E-state index >= 15 is 0 Å². The van der Waals surface area contributed by atoms with Gasteiger partial charge in [0.25, 0.3) is 0 Å². The van der Waals surface area contributed by atoms with Crippen molar-refractivity contribution in [3.05, 3.63) is 63.6 Å². The number of benzene rings is 2. The summed E-state index contributed by atoms with van der Waals surface area (Å²) in [5.41, 5.74) is 0.426. The zero-order chi connectivity index (χ0) is 27.3. The molecule has 1 heterocycles. The highest BCUT2D eigenvalue weighted by atomic mass is 79.9. The lowest BCUT2D eigenvalue weighted by Crippen LogP contribution is -2.38. The Morgan fingerprint density at radius 1 is 0.868 bits per heavy atom. The van der Waals surface area contributed by atoms with Gasteiger partial charge in [0.05, 0.1) is 27.4 Å². The Balaban J connectivity index is 1.13. The van der Waals surface area contributed by atoms with Crippen molar-refractivity contribution >= 4 is 84.6 Å². The van der Waals surface area contributed by atoms with Crippen LogP contribution in [0, 0.1) is 23.7 Å². The van der Waals surface area contributed by atoms with Gasteiger partial charge in [0.2, 0.25) is 11.8 Å². The zero-order valence-corrected chi connectivity index (χ0v) is 24.1. The third kappa shape index (κ3) is 4.92. The van der Waals surface area contributed by atoms with Gasteiger partial charge in [-0.15, -0.1) is 0 Å². The minimum absolute atomic E-state index is 0.0414. The molecule has 198 valence electrons. The van der Waals surface area contributed by atoms with Crippen LogP contribution < -0.4 is 4.74 Å². The molecule has 6 atom stereocenters. The summed E-state index contributed by atoms with van der Waals surface area (Å²) < 4.78 is 10.3. The lowest BCUT2D eigenvalue weighted by atomic mass is 9.81. The van der Waals surface area contributed by atoms with Crippen LogP contribution in [0.1, 0.15) is 27.1 Å². The molecule has 2 aromatic rings. The number of likely N-dealkylation sites (tertiary alicyclic amines) is 1. The summed E-state index contributed by atoms with van der Waals surface area (Å²) in [4.78, 5) is 64.2. The minimum atomic E-state index is -0.842. The molecule has 2 saturated carbocycles. The fourth-order valence-electron chi connectivity index (χ4n) is 5.47. The molecular weight excluding hydrogens is 669 g/mol. The third-order valence-corrected chi connectivity index (χ3v) is 11.2. The van der Waals surface area contributed by atoms with Crippen LogP contribution in [0.4, 0.5) is 0 Å². The highest BCUT2D eigenvalue weighted by Crippen LogP contribution is 2.60. The SMILES string of the molecule is O=C(CN1C(=O)C2C3CC(C(Br)C3Br)C2C1=O)OCC(=O)c1ccc(OC(=O)c2ccc(Cl)c(Cl)c2)cc1. The lowest BCUT2D eigenvalue weighted by molar-refractivity contribution is -0.152. The number of fused-ring (bicyclic) bond motifs is 5. The van der Waals surface area contributed by atoms with Gasteiger partial charge < -0.3 is 9.47 Å². The number of carbonyl (C=O) groups excluding carboxylic acids is 5. The molecule has 2 aliphatic carbocycles. The predicted molar refractivity (Wildman–Crippen MR) is 144 cm³/mol. The summed E-state index contributed by atoms with van der Waals surface area (Å²) >= 11 is 19.0. The Labute approximate surface area is 244 Å². The number of Topliss-reactive ketones (excluding diaryl/α,β-unsaturated/α-hetero) is 1. The molecular formula is C26H19Br2Cl2NO7. The first-order valence-electron chi connectivity index (χ1n) is 11.7. The van der Waals surface area contributed by atoms with E-state index in [1.165, 1.54) is 42.5 Å². The van der Waals surface area contributed by atoms with Crippen LogP contribution in [-0.4, -0.2) is 57.2 Å². The molecule has 8 nitrogen and oxygen atoms in total. The van der Waals surface area contributed by atoms with Crippen LogP contribution >= 0.6 is 55.1 Å². The number of nitrogens with zero attached hydrogens (tertiary/aromatic N) is 1. The van der Waals surface area contributed by atoms with Gasteiger partial charge in [0.15, 0.2) is 12.4 Å². The van der Waals surface area contributed by atoms with Crippen molar-refractivity contribution in [1.82, 2.24) is 4.90 Å². The zero-order valence-electron chi connectivity index (χ0n) is 19.4. The summed E-state index contributed by atoms with van der Waals surface area (Å²) in [6, 6.07) is 10.0. The summed E-state index contributed by atoms with van der Waals surface area (Å²) in [6.45, 7) is -1.09. The van der Waals surface area contributed by atoms with Crippen LogP contribution in [0.15, 0.2) is 42.5 Å². The number of hydrogen-bond donors (Lipinski definition) is 0. The molecule has 6 unspecified atom stereocenters. The Morgan fingerprint density at radius 2 is 1.45 bits per heavy atom. The van der Waals surface area contributed by atoms with Gasteiger partial charge in [0, 0.05) is 15.2 Å². The highest BCUT2D eigenvalue weighted by molar-refractivity contribution is 9.12. The second-order valence-electron chi connectivity index (χ2n) is 9.39.